The van der Waals surface area contributed by atoms with Crippen molar-refractivity contribution in [3.05, 3.63) is 34.9 Å². The van der Waals surface area contributed by atoms with Crippen LogP contribution in [-0.4, -0.2) is 20.2 Å². The van der Waals surface area contributed by atoms with Crippen molar-refractivity contribution < 1.29 is 4.39 Å². The normalized spacial score (nSPS) is 10.6. The molecule has 0 saturated heterocycles. The van der Waals surface area contributed by atoms with E-state index in [1.807, 2.05) is 0 Å². The highest BCUT2D eigenvalue weighted by Crippen LogP contribution is 2.19. The van der Waals surface area contributed by atoms with E-state index in [-0.39, 0.29) is 5.02 Å². The molecule has 1 aromatic heterocycles. The van der Waals surface area contributed by atoms with Crippen molar-refractivity contribution in [3.8, 4) is 0 Å². The second kappa shape index (κ2) is 5.77. The lowest BCUT2D eigenvalue weighted by Crippen LogP contribution is -2.10. The van der Waals surface area contributed by atoms with Crippen LogP contribution < -0.4 is 5.32 Å². The minimum Gasteiger partial charge on any atom is -0.378 e. The Balaban J connectivity index is 2.02. The number of aromatic nitrogens is 4. The highest BCUT2D eigenvalue weighted by atomic mass is 35.5. The molecule has 7 heteroatoms. The minimum atomic E-state index is -0.432. The first-order chi connectivity index (χ1) is 8.70. The summed E-state index contributed by atoms with van der Waals surface area (Å²) < 4.78 is 14.7. The molecule has 96 valence electrons. The Morgan fingerprint density at radius 2 is 2.28 bits per heavy atom. The van der Waals surface area contributed by atoms with Crippen LogP contribution in [0.1, 0.15) is 19.2 Å². The van der Waals surface area contributed by atoms with Crippen LogP contribution in [0.5, 0.6) is 0 Å². The Hall–Kier alpha value is -1.69. The molecular formula is C11H13ClFN5. The Bertz CT molecular complexity index is 528. The summed E-state index contributed by atoms with van der Waals surface area (Å²) in [7, 11) is 0. The molecule has 0 fully saturated rings. The molecule has 0 aliphatic rings. The number of aryl methyl sites for hydroxylation is 1. The lowest BCUT2D eigenvalue weighted by Gasteiger charge is -2.07. The van der Waals surface area contributed by atoms with Crippen molar-refractivity contribution in [2.75, 3.05) is 5.32 Å². The van der Waals surface area contributed by atoms with Crippen LogP contribution in [0, 0.1) is 5.82 Å². The van der Waals surface area contributed by atoms with Crippen molar-refractivity contribution in [2.24, 2.45) is 0 Å². The molecule has 2 aromatic rings. The number of rotatable bonds is 5. The van der Waals surface area contributed by atoms with Gasteiger partial charge in [-0.1, -0.05) is 18.5 Å². The molecule has 1 aromatic carbocycles. The third-order valence-electron chi connectivity index (χ3n) is 2.41. The van der Waals surface area contributed by atoms with Gasteiger partial charge in [0.05, 0.1) is 11.6 Å². The van der Waals surface area contributed by atoms with Gasteiger partial charge in [-0.15, -0.1) is 5.10 Å². The third kappa shape index (κ3) is 2.95. The first kappa shape index (κ1) is 12.8. The van der Waals surface area contributed by atoms with Crippen LogP contribution in [0.15, 0.2) is 18.2 Å². The summed E-state index contributed by atoms with van der Waals surface area (Å²) in [5.41, 5.74) is 0.729. The molecule has 0 radical (unpaired) electrons. The summed E-state index contributed by atoms with van der Waals surface area (Å²) in [6.07, 6.45) is 0.959. The van der Waals surface area contributed by atoms with Gasteiger partial charge >= 0.3 is 0 Å². The van der Waals surface area contributed by atoms with Crippen LogP contribution in [-0.2, 0) is 13.1 Å². The molecule has 5 nitrogen and oxygen atoms in total. The van der Waals surface area contributed by atoms with Crippen LogP contribution in [0.4, 0.5) is 10.1 Å². The lowest BCUT2D eigenvalue weighted by molar-refractivity contribution is 0.558. The number of anilines is 1. The Morgan fingerprint density at radius 1 is 1.44 bits per heavy atom. The fourth-order valence-electron chi connectivity index (χ4n) is 1.52. The van der Waals surface area contributed by atoms with Crippen LogP contribution in [0.25, 0.3) is 0 Å². The largest absolute Gasteiger partial charge is 0.378 e. The van der Waals surface area contributed by atoms with E-state index < -0.39 is 5.82 Å². The molecule has 0 spiro atoms. The van der Waals surface area contributed by atoms with E-state index in [0.717, 1.165) is 24.5 Å². The fourth-order valence-corrected chi connectivity index (χ4v) is 1.70. The lowest BCUT2D eigenvalue weighted by atomic mass is 10.3. The van der Waals surface area contributed by atoms with Gasteiger partial charge in [0.1, 0.15) is 5.82 Å². The highest BCUT2D eigenvalue weighted by Gasteiger charge is 2.05. The SMILES string of the molecule is CCCn1nnnc1CNc1ccc(F)c(Cl)c1. The van der Waals surface area contributed by atoms with Gasteiger partial charge < -0.3 is 5.32 Å². The zero-order valence-electron chi connectivity index (χ0n) is 9.90. The van der Waals surface area contributed by atoms with Gasteiger partial charge in [-0.2, -0.15) is 0 Å². The summed E-state index contributed by atoms with van der Waals surface area (Å²) in [6, 6.07) is 4.47. The minimum absolute atomic E-state index is 0.0909. The second-order valence-electron chi connectivity index (χ2n) is 3.80. The quantitative estimate of drug-likeness (QED) is 0.906. The predicted molar refractivity (Wildman–Crippen MR) is 66.8 cm³/mol. The maximum Gasteiger partial charge on any atom is 0.170 e. The number of benzene rings is 1. The summed E-state index contributed by atoms with van der Waals surface area (Å²) in [4.78, 5) is 0. The van der Waals surface area contributed by atoms with E-state index in [1.54, 1.807) is 10.7 Å². The predicted octanol–water partition coefficient (Wildman–Crippen LogP) is 2.49. The van der Waals surface area contributed by atoms with E-state index in [0.29, 0.717) is 6.54 Å². The first-order valence-electron chi connectivity index (χ1n) is 5.64. The standard InChI is InChI=1S/C11H13ClFN5/c1-2-5-18-11(15-16-17-18)7-14-8-3-4-10(13)9(12)6-8/h3-4,6,14H,2,5,7H2,1H3. The summed E-state index contributed by atoms with van der Waals surface area (Å²) in [5, 5.41) is 14.6. The molecule has 2 rings (SSSR count). The number of nitrogens with zero attached hydrogens (tertiary/aromatic N) is 4. The van der Waals surface area contributed by atoms with Crippen molar-refractivity contribution in [1.29, 1.82) is 0 Å². The molecule has 0 unspecified atom stereocenters. The van der Waals surface area contributed by atoms with Crippen molar-refractivity contribution in [1.82, 2.24) is 20.2 Å². The van der Waals surface area contributed by atoms with E-state index >= 15 is 0 Å². The van der Waals surface area contributed by atoms with Crippen molar-refractivity contribution in [3.63, 3.8) is 0 Å². The van der Waals surface area contributed by atoms with Gasteiger partial charge in [0.25, 0.3) is 0 Å². The smallest absolute Gasteiger partial charge is 0.170 e. The van der Waals surface area contributed by atoms with Crippen molar-refractivity contribution in [2.45, 2.75) is 26.4 Å². The van der Waals surface area contributed by atoms with Gasteiger partial charge in [-0.3, -0.25) is 0 Å². The number of halogens is 2. The monoisotopic (exact) mass is 269 g/mol. The molecular weight excluding hydrogens is 257 g/mol. The maximum absolute atomic E-state index is 13.0. The fraction of sp³-hybridized carbons (Fsp3) is 0.364. The summed E-state index contributed by atoms with van der Waals surface area (Å²) in [6.45, 7) is 3.29. The molecule has 0 saturated carbocycles. The van der Waals surface area contributed by atoms with E-state index in [1.165, 1.54) is 12.1 Å². The molecule has 0 atom stereocenters. The van der Waals surface area contributed by atoms with E-state index in [2.05, 4.69) is 27.8 Å². The average Bonchev–Trinajstić information content (AvgIpc) is 2.79. The maximum atomic E-state index is 13.0. The summed E-state index contributed by atoms with van der Waals surface area (Å²) in [5.74, 6) is 0.301. The van der Waals surface area contributed by atoms with E-state index in [9.17, 15) is 4.39 Å². The molecule has 1 heterocycles. The van der Waals surface area contributed by atoms with Gasteiger partial charge in [0, 0.05) is 12.2 Å². The van der Waals surface area contributed by atoms with Gasteiger partial charge in [0.15, 0.2) is 5.82 Å². The second-order valence-corrected chi connectivity index (χ2v) is 4.21. The zero-order chi connectivity index (χ0) is 13.0. The Kier molecular flexibility index (Phi) is 4.09. The molecule has 0 amide bonds. The first-order valence-corrected chi connectivity index (χ1v) is 6.02. The summed E-state index contributed by atoms with van der Waals surface area (Å²) >= 11 is 5.69. The third-order valence-corrected chi connectivity index (χ3v) is 2.70. The number of hydrogen-bond donors (Lipinski definition) is 1. The Labute approximate surface area is 109 Å². The molecule has 0 aliphatic heterocycles. The molecule has 0 bridgehead atoms. The van der Waals surface area contributed by atoms with Crippen LogP contribution in [0.2, 0.25) is 5.02 Å². The number of hydrogen-bond acceptors (Lipinski definition) is 4. The highest BCUT2D eigenvalue weighted by molar-refractivity contribution is 6.31. The van der Waals surface area contributed by atoms with Crippen molar-refractivity contribution >= 4 is 17.3 Å². The zero-order valence-corrected chi connectivity index (χ0v) is 10.7. The van der Waals surface area contributed by atoms with Crippen LogP contribution in [0.3, 0.4) is 0 Å². The molecule has 0 aliphatic carbocycles. The van der Waals surface area contributed by atoms with Gasteiger partial charge in [0.2, 0.25) is 0 Å². The average molecular weight is 270 g/mol. The topological polar surface area (TPSA) is 55.6 Å². The van der Waals surface area contributed by atoms with Gasteiger partial charge in [-0.05, 0) is 35.0 Å². The van der Waals surface area contributed by atoms with Crippen LogP contribution >= 0.6 is 11.6 Å². The van der Waals surface area contributed by atoms with E-state index in [4.69, 9.17) is 11.6 Å². The molecule has 18 heavy (non-hydrogen) atoms. The van der Waals surface area contributed by atoms with Gasteiger partial charge in [-0.25, -0.2) is 9.07 Å². The number of nitrogens with one attached hydrogen (secondary N) is 1. The Morgan fingerprint density at radius 3 is 3.00 bits per heavy atom. The molecule has 1 N–H and O–H groups in total. The number of tetrazole rings is 1.